The molecule has 3 nitrogen and oxygen atoms in total. The van der Waals surface area contributed by atoms with Crippen LogP contribution < -0.4 is 5.32 Å². The maximum Gasteiger partial charge on any atom is 0.0195 e. The van der Waals surface area contributed by atoms with E-state index in [1.54, 1.807) is 0 Å². The number of nitrogens with one attached hydrogen (secondary N) is 1. The molecule has 1 rings (SSSR count). The van der Waals surface area contributed by atoms with Crippen LogP contribution in [0.15, 0.2) is 0 Å². The van der Waals surface area contributed by atoms with Crippen LogP contribution in [0.25, 0.3) is 0 Å². The zero-order valence-corrected chi connectivity index (χ0v) is 13.1. The van der Waals surface area contributed by atoms with Crippen LogP contribution >= 0.6 is 0 Å². The van der Waals surface area contributed by atoms with Crippen molar-refractivity contribution in [3.05, 3.63) is 0 Å². The minimum Gasteiger partial charge on any atom is -0.315 e. The van der Waals surface area contributed by atoms with Crippen LogP contribution in [0.2, 0.25) is 0 Å². The Hall–Kier alpha value is -0.120. The van der Waals surface area contributed by atoms with Gasteiger partial charge in [0.2, 0.25) is 0 Å². The molecule has 1 fully saturated rings. The first-order valence-corrected chi connectivity index (χ1v) is 7.52. The van der Waals surface area contributed by atoms with Gasteiger partial charge in [-0.2, -0.15) is 0 Å². The molecule has 1 saturated heterocycles. The third kappa shape index (κ3) is 6.72. The highest BCUT2D eigenvalue weighted by Gasteiger charge is 2.18. The number of hydrogen-bond donors (Lipinski definition) is 1. The molecule has 0 saturated carbocycles. The largest absolute Gasteiger partial charge is 0.315 e. The molecule has 1 heterocycles. The van der Waals surface area contributed by atoms with Crippen molar-refractivity contribution in [1.29, 1.82) is 0 Å². The molecule has 0 aromatic carbocycles. The van der Waals surface area contributed by atoms with Gasteiger partial charge in [0.1, 0.15) is 0 Å². The van der Waals surface area contributed by atoms with E-state index in [-0.39, 0.29) is 0 Å². The van der Waals surface area contributed by atoms with Crippen molar-refractivity contribution in [3.8, 4) is 0 Å². The summed E-state index contributed by atoms with van der Waals surface area (Å²) in [6.07, 6.45) is 2.56. The average Bonchev–Trinajstić information content (AvgIpc) is 2.38. The van der Waals surface area contributed by atoms with E-state index in [0.717, 1.165) is 13.1 Å². The van der Waals surface area contributed by atoms with Crippen LogP contribution in [0.5, 0.6) is 0 Å². The van der Waals surface area contributed by atoms with Gasteiger partial charge < -0.3 is 10.2 Å². The van der Waals surface area contributed by atoms with Gasteiger partial charge in [-0.3, -0.25) is 4.90 Å². The molecule has 1 unspecified atom stereocenters. The third-order valence-electron chi connectivity index (χ3n) is 3.81. The molecule has 0 amide bonds. The molecule has 0 aromatic heterocycles. The van der Waals surface area contributed by atoms with Gasteiger partial charge in [0.05, 0.1) is 0 Å². The molecule has 0 radical (unpaired) electrons. The zero-order valence-electron chi connectivity index (χ0n) is 13.1. The van der Waals surface area contributed by atoms with Crippen LogP contribution in [-0.2, 0) is 0 Å². The lowest BCUT2D eigenvalue weighted by atomic mass is 9.92. The standard InChI is InChI=1S/C15H33N3/c1-14-13-17(5)10-6-11-18(14)12-9-16-8-7-15(2,3)4/h14,16H,6-13H2,1-5H3. The van der Waals surface area contributed by atoms with Crippen molar-refractivity contribution in [2.75, 3.05) is 46.3 Å². The van der Waals surface area contributed by atoms with Crippen molar-refractivity contribution in [2.24, 2.45) is 5.41 Å². The molecule has 3 heteroatoms. The second-order valence-corrected chi connectivity index (χ2v) is 7.06. The highest BCUT2D eigenvalue weighted by Crippen LogP contribution is 2.16. The second-order valence-electron chi connectivity index (χ2n) is 7.06. The summed E-state index contributed by atoms with van der Waals surface area (Å²) in [5, 5.41) is 3.59. The highest BCUT2D eigenvalue weighted by molar-refractivity contribution is 4.75. The SMILES string of the molecule is CC1CN(C)CCCN1CCNCCC(C)(C)C. The first-order chi connectivity index (χ1) is 8.38. The Bertz CT molecular complexity index is 222. The Kier molecular flexibility index (Phi) is 6.61. The zero-order chi connectivity index (χ0) is 13.6. The third-order valence-corrected chi connectivity index (χ3v) is 3.81. The Balaban J connectivity index is 2.14. The van der Waals surface area contributed by atoms with Gasteiger partial charge in [-0.05, 0) is 51.9 Å². The van der Waals surface area contributed by atoms with Gasteiger partial charge >= 0.3 is 0 Å². The van der Waals surface area contributed by atoms with Gasteiger partial charge in [-0.15, -0.1) is 0 Å². The molecular weight excluding hydrogens is 222 g/mol. The molecule has 1 aliphatic rings. The first kappa shape index (κ1) is 15.9. The summed E-state index contributed by atoms with van der Waals surface area (Å²) < 4.78 is 0. The number of hydrogen-bond acceptors (Lipinski definition) is 3. The van der Waals surface area contributed by atoms with Crippen molar-refractivity contribution in [3.63, 3.8) is 0 Å². The summed E-state index contributed by atoms with van der Waals surface area (Å²) in [5.41, 5.74) is 0.450. The van der Waals surface area contributed by atoms with E-state index in [4.69, 9.17) is 0 Å². The van der Waals surface area contributed by atoms with E-state index >= 15 is 0 Å². The van der Waals surface area contributed by atoms with Crippen molar-refractivity contribution >= 4 is 0 Å². The minimum atomic E-state index is 0.450. The lowest BCUT2D eigenvalue weighted by Crippen LogP contribution is -2.41. The molecule has 18 heavy (non-hydrogen) atoms. The number of likely N-dealkylation sites (N-methyl/N-ethyl adjacent to an activating group) is 1. The van der Waals surface area contributed by atoms with Crippen molar-refractivity contribution in [1.82, 2.24) is 15.1 Å². The number of nitrogens with zero attached hydrogens (tertiary/aromatic N) is 2. The van der Waals surface area contributed by atoms with Crippen LogP contribution in [0.3, 0.4) is 0 Å². The molecular formula is C15H33N3. The Morgan fingerprint density at radius 1 is 1.17 bits per heavy atom. The van der Waals surface area contributed by atoms with E-state index in [9.17, 15) is 0 Å². The molecule has 108 valence electrons. The predicted molar refractivity (Wildman–Crippen MR) is 80.1 cm³/mol. The summed E-state index contributed by atoms with van der Waals surface area (Å²) in [4.78, 5) is 5.09. The van der Waals surface area contributed by atoms with E-state index < -0.39 is 0 Å². The fourth-order valence-electron chi connectivity index (χ4n) is 2.57. The summed E-state index contributed by atoms with van der Waals surface area (Å²) in [7, 11) is 2.24. The fraction of sp³-hybridized carbons (Fsp3) is 1.00. The van der Waals surface area contributed by atoms with Crippen LogP contribution in [0.4, 0.5) is 0 Å². The van der Waals surface area contributed by atoms with Gasteiger partial charge in [-0.25, -0.2) is 0 Å². The summed E-state index contributed by atoms with van der Waals surface area (Å²) >= 11 is 0. The predicted octanol–water partition coefficient (Wildman–Crippen LogP) is 2.04. The fourth-order valence-corrected chi connectivity index (χ4v) is 2.57. The van der Waals surface area contributed by atoms with E-state index in [1.165, 1.54) is 39.0 Å². The Labute approximate surface area is 114 Å². The van der Waals surface area contributed by atoms with Crippen LogP contribution in [0, 0.1) is 5.41 Å². The molecule has 0 spiro atoms. The average molecular weight is 255 g/mol. The highest BCUT2D eigenvalue weighted by atomic mass is 15.2. The van der Waals surface area contributed by atoms with E-state index in [2.05, 4.69) is 49.9 Å². The van der Waals surface area contributed by atoms with Gasteiger partial charge in [-0.1, -0.05) is 20.8 Å². The summed E-state index contributed by atoms with van der Waals surface area (Å²) in [6.45, 7) is 16.5. The lowest BCUT2D eigenvalue weighted by Gasteiger charge is -2.28. The van der Waals surface area contributed by atoms with Crippen molar-refractivity contribution in [2.45, 2.75) is 46.6 Å². The molecule has 1 N–H and O–H groups in total. The van der Waals surface area contributed by atoms with Crippen LogP contribution in [-0.4, -0.2) is 62.2 Å². The quantitative estimate of drug-likeness (QED) is 0.759. The van der Waals surface area contributed by atoms with Crippen LogP contribution in [0.1, 0.15) is 40.5 Å². The Morgan fingerprint density at radius 3 is 2.56 bits per heavy atom. The van der Waals surface area contributed by atoms with E-state index in [0.29, 0.717) is 11.5 Å². The lowest BCUT2D eigenvalue weighted by molar-refractivity contribution is 0.202. The number of rotatable bonds is 5. The summed E-state index contributed by atoms with van der Waals surface area (Å²) in [6, 6.07) is 0.696. The molecule has 0 bridgehead atoms. The Morgan fingerprint density at radius 2 is 1.89 bits per heavy atom. The topological polar surface area (TPSA) is 18.5 Å². The smallest absolute Gasteiger partial charge is 0.0195 e. The second kappa shape index (κ2) is 7.46. The molecule has 0 aromatic rings. The van der Waals surface area contributed by atoms with Gasteiger partial charge in [0, 0.05) is 25.7 Å². The first-order valence-electron chi connectivity index (χ1n) is 7.52. The minimum absolute atomic E-state index is 0.450. The normalized spacial score (nSPS) is 24.2. The van der Waals surface area contributed by atoms with Gasteiger partial charge in [0.15, 0.2) is 0 Å². The maximum absolute atomic E-state index is 3.59. The molecule has 1 aliphatic heterocycles. The van der Waals surface area contributed by atoms with Gasteiger partial charge in [0.25, 0.3) is 0 Å². The monoisotopic (exact) mass is 255 g/mol. The van der Waals surface area contributed by atoms with Crippen molar-refractivity contribution < 1.29 is 0 Å². The molecule has 0 aliphatic carbocycles. The summed E-state index contributed by atoms with van der Waals surface area (Å²) in [5.74, 6) is 0. The maximum atomic E-state index is 3.59. The molecule has 1 atom stereocenters. The van der Waals surface area contributed by atoms with E-state index in [1.807, 2.05) is 0 Å².